The molecule has 1 aliphatic heterocycles. The Morgan fingerprint density at radius 3 is 2.85 bits per heavy atom. The average Bonchev–Trinajstić information content (AvgIpc) is 2.36. The van der Waals surface area contributed by atoms with Crippen LogP contribution in [0.15, 0.2) is 18.2 Å². The molecular formula is C13H15N3O4. The van der Waals surface area contributed by atoms with E-state index in [1.807, 2.05) is 11.0 Å². The Kier molecular flexibility index (Phi) is 3.77. The van der Waals surface area contributed by atoms with Gasteiger partial charge in [0, 0.05) is 30.9 Å². The highest BCUT2D eigenvalue weighted by Gasteiger charge is 2.41. The molecule has 2 rings (SSSR count). The van der Waals surface area contributed by atoms with Crippen molar-refractivity contribution in [3.05, 3.63) is 28.3 Å². The zero-order valence-corrected chi connectivity index (χ0v) is 11.1. The van der Waals surface area contributed by atoms with Gasteiger partial charge < -0.3 is 14.7 Å². The van der Waals surface area contributed by atoms with Crippen LogP contribution in [0.1, 0.15) is 13.3 Å². The van der Waals surface area contributed by atoms with E-state index in [9.17, 15) is 15.2 Å². The first-order chi connectivity index (χ1) is 9.49. The third kappa shape index (κ3) is 2.65. The second-order valence-corrected chi connectivity index (χ2v) is 4.76. The van der Waals surface area contributed by atoms with Gasteiger partial charge in [0.2, 0.25) is 0 Å². The number of hydrogen-bond acceptors (Lipinski definition) is 6. The highest BCUT2D eigenvalue weighted by atomic mass is 16.6. The smallest absolute Gasteiger partial charge is 0.311 e. The van der Waals surface area contributed by atoms with Crippen LogP contribution < -0.4 is 9.64 Å². The maximum absolute atomic E-state index is 10.9. The van der Waals surface area contributed by atoms with Crippen LogP contribution in [0, 0.1) is 21.4 Å². The van der Waals surface area contributed by atoms with Gasteiger partial charge in [-0.25, -0.2) is 0 Å². The Hall–Kier alpha value is -2.33. The third-order valence-corrected chi connectivity index (χ3v) is 3.18. The van der Waals surface area contributed by atoms with Crippen LogP contribution in [-0.4, -0.2) is 35.3 Å². The Bertz CT molecular complexity index is 561. The van der Waals surface area contributed by atoms with Gasteiger partial charge >= 0.3 is 5.69 Å². The largest absolute Gasteiger partial charge is 0.487 e. The standard InChI is InChI=1S/C13H15N3O4/c1-2-20-12-7-10(3-4-11(12)16(18)19)15-8-13(17,9-15)5-6-14/h3-4,7,17H,2,5,8-9H2,1H3. The Labute approximate surface area is 116 Å². The molecule has 0 bridgehead atoms. The fourth-order valence-corrected chi connectivity index (χ4v) is 2.23. The number of nitro benzene ring substituents is 1. The summed E-state index contributed by atoms with van der Waals surface area (Å²) in [6.07, 6.45) is 0.0782. The van der Waals surface area contributed by atoms with Crippen molar-refractivity contribution in [3.8, 4) is 11.8 Å². The van der Waals surface area contributed by atoms with E-state index in [0.29, 0.717) is 19.7 Å². The SMILES string of the molecule is CCOc1cc(N2CC(O)(CC#N)C2)ccc1[N+](=O)[O-]. The van der Waals surface area contributed by atoms with Crippen molar-refractivity contribution in [3.63, 3.8) is 0 Å². The minimum Gasteiger partial charge on any atom is -0.487 e. The molecule has 0 radical (unpaired) electrons. The molecule has 20 heavy (non-hydrogen) atoms. The molecule has 7 nitrogen and oxygen atoms in total. The Balaban J connectivity index is 2.17. The topological polar surface area (TPSA) is 99.6 Å². The number of nitro groups is 1. The zero-order valence-electron chi connectivity index (χ0n) is 11.1. The lowest BCUT2D eigenvalue weighted by molar-refractivity contribution is -0.385. The molecular weight excluding hydrogens is 262 g/mol. The number of ether oxygens (including phenoxy) is 1. The second-order valence-electron chi connectivity index (χ2n) is 4.76. The molecule has 1 heterocycles. The van der Waals surface area contributed by atoms with Crippen LogP contribution in [-0.2, 0) is 0 Å². The predicted octanol–water partition coefficient (Wildman–Crippen LogP) is 1.46. The first-order valence-corrected chi connectivity index (χ1v) is 6.24. The van der Waals surface area contributed by atoms with Gasteiger partial charge in [-0.2, -0.15) is 5.26 Å². The van der Waals surface area contributed by atoms with Crippen LogP contribution in [0.4, 0.5) is 11.4 Å². The van der Waals surface area contributed by atoms with Crippen LogP contribution in [0.5, 0.6) is 5.75 Å². The molecule has 0 amide bonds. The summed E-state index contributed by atoms with van der Waals surface area (Å²) < 4.78 is 5.27. The molecule has 0 unspecified atom stereocenters. The lowest BCUT2D eigenvalue weighted by Gasteiger charge is -2.46. The van der Waals surface area contributed by atoms with E-state index in [-0.39, 0.29) is 17.9 Å². The molecule has 0 aromatic heterocycles. The zero-order chi connectivity index (χ0) is 14.8. The van der Waals surface area contributed by atoms with E-state index in [2.05, 4.69) is 0 Å². The number of benzene rings is 1. The van der Waals surface area contributed by atoms with E-state index >= 15 is 0 Å². The third-order valence-electron chi connectivity index (χ3n) is 3.18. The van der Waals surface area contributed by atoms with Gasteiger partial charge in [0.1, 0.15) is 5.60 Å². The summed E-state index contributed by atoms with van der Waals surface area (Å²) in [6.45, 7) is 2.77. The van der Waals surface area contributed by atoms with Gasteiger partial charge in [0.15, 0.2) is 5.75 Å². The van der Waals surface area contributed by atoms with Crippen molar-refractivity contribution in [1.29, 1.82) is 5.26 Å². The van der Waals surface area contributed by atoms with E-state index in [1.165, 1.54) is 6.07 Å². The summed E-state index contributed by atoms with van der Waals surface area (Å²) in [4.78, 5) is 12.2. The van der Waals surface area contributed by atoms with Crippen molar-refractivity contribution in [2.24, 2.45) is 0 Å². The van der Waals surface area contributed by atoms with Crippen molar-refractivity contribution < 1.29 is 14.8 Å². The first kappa shape index (κ1) is 14.1. The van der Waals surface area contributed by atoms with E-state index in [4.69, 9.17) is 10.00 Å². The number of anilines is 1. The van der Waals surface area contributed by atoms with Crippen LogP contribution in [0.3, 0.4) is 0 Å². The Morgan fingerprint density at radius 1 is 1.60 bits per heavy atom. The maximum Gasteiger partial charge on any atom is 0.311 e. The number of rotatable bonds is 5. The number of nitrogens with zero attached hydrogens (tertiary/aromatic N) is 3. The molecule has 0 aliphatic carbocycles. The lowest BCUT2D eigenvalue weighted by Crippen LogP contribution is -2.61. The number of hydrogen-bond donors (Lipinski definition) is 1. The molecule has 7 heteroatoms. The number of nitriles is 1. The molecule has 1 aromatic carbocycles. The number of aliphatic hydroxyl groups is 1. The lowest BCUT2D eigenvalue weighted by atomic mass is 9.90. The molecule has 1 saturated heterocycles. The van der Waals surface area contributed by atoms with Crippen molar-refractivity contribution in [1.82, 2.24) is 0 Å². The first-order valence-electron chi connectivity index (χ1n) is 6.24. The fraction of sp³-hybridized carbons (Fsp3) is 0.462. The molecule has 1 fully saturated rings. The minimum atomic E-state index is -0.984. The molecule has 0 saturated carbocycles. The molecule has 0 atom stereocenters. The monoisotopic (exact) mass is 277 g/mol. The molecule has 106 valence electrons. The minimum absolute atomic E-state index is 0.0782. The molecule has 1 aliphatic rings. The van der Waals surface area contributed by atoms with Crippen LogP contribution >= 0.6 is 0 Å². The summed E-state index contributed by atoms with van der Waals surface area (Å²) in [5.74, 6) is 0.214. The summed E-state index contributed by atoms with van der Waals surface area (Å²) in [5, 5.41) is 29.5. The van der Waals surface area contributed by atoms with Crippen LogP contribution in [0.2, 0.25) is 0 Å². The maximum atomic E-state index is 10.9. The van der Waals surface area contributed by atoms with Gasteiger partial charge in [0.25, 0.3) is 0 Å². The van der Waals surface area contributed by atoms with Crippen molar-refractivity contribution >= 4 is 11.4 Å². The molecule has 1 N–H and O–H groups in total. The van der Waals surface area contributed by atoms with E-state index in [1.54, 1.807) is 19.1 Å². The van der Waals surface area contributed by atoms with E-state index in [0.717, 1.165) is 5.69 Å². The van der Waals surface area contributed by atoms with Crippen molar-refractivity contribution in [2.75, 3.05) is 24.6 Å². The predicted molar refractivity (Wildman–Crippen MR) is 71.7 cm³/mol. The average molecular weight is 277 g/mol. The van der Waals surface area contributed by atoms with Gasteiger partial charge in [-0.15, -0.1) is 0 Å². The summed E-state index contributed by atoms with van der Waals surface area (Å²) in [6, 6.07) is 6.55. The summed E-state index contributed by atoms with van der Waals surface area (Å²) >= 11 is 0. The van der Waals surface area contributed by atoms with Gasteiger partial charge in [-0.1, -0.05) is 0 Å². The second kappa shape index (κ2) is 5.35. The highest BCUT2D eigenvalue weighted by Crippen LogP contribution is 2.36. The summed E-state index contributed by atoms with van der Waals surface area (Å²) in [5.41, 5.74) is -0.326. The quantitative estimate of drug-likeness (QED) is 0.646. The van der Waals surface area contributed by atoms with Gasteiger partial charge in [-0.3, -0.25) is 10.1 Å². The van der Waals surface area contributed by atoms with E-state index < -0.39 is 10.5 Å². The molecule has 1 aromatic rings. The summed E-state index contributed by atoms with van der Waals surface area (Å²) in [7, 11) is 0. The normalized spacial score (nSPS) is 16.1. The van der Waals surface area contributed by atoms with Gasteiger partial charge in [0.05, 0.1) is 24.0 Å². The van der Waals surface area contributed by atoms with Crippen molar-refractivity contribution in [2.45, 2.75) is 18.9 Å². The van der Waals surface area contributed by atoms with Gasteiger partial charge in [-0.05, 0) is 13.0 Å². The highest BCUT2D eigenvalue weighted by molar-refractivity contribution is 5.61. The fourth-order valence-electron chi connectivity index (χ4n) is 2.23. The number of β-amino-alcohol motifs (C(OH)–C–C–N with tert-alkyl or cyclic N) is 1. The Morgan fingerprint density at radius 2 is 2.30 bits per heavy atom. The molecule has 0 spiro atoms. The van der Waals surface area contributed by atoms with Crippen LogP contribution in [0.25, 0.3) is 0 Å².